The molecule has 13 heteroatoms. The first-order valence-electron chi connectivity index (χ1n) is 12.3. The van der Waals surface area contributed by atoms with Crippen LogP contribution in [0.4, 0.5) is 19.1 Å². The predicted octanol–water partition coefficient (Wildman–Crippen LogP) is 2.63. The number of aryl methyl sites for hydroxylation is 1. The Kier molecular flexibility index (Phi) is 5.01. The normalized spacial score (nSPS) is 20.0. The minimum Gasteiger partial charge on any atom is -0.479 e. The number of anilines is 1. The number of rotatable bonds is 6. The van der Waals surface area contributed by atoms with Gasteiger partial charge >= 0.3 is 0 Å². The van der Waals surface area contributed by atoms with E-state index in [0.29, 0.717) is 16.6 Å². The molecule has 1 N–H and O–H groups in total. The van der Waals surface area contributed by atoms with E-state index in [2.05, 4.69) is 25.7 Å². The molecule has 1 fully saturated rings. The van der Waals surface area contributed by atoms with Crippen molar-refractivity contribution in [2.45, 2.75) is 32.0 Å². The maximum Gasteiger partial charge on any atom is 0.244 e. The smallest absolute Gasteiger partial charge is 0.244 e. The third-order valence-corrected chi connectivity index (χ3v) is 5.99. The third kappa shape index (κ3) is 4.10. The van der Waals surface area contributed by atoms with E-state index in [1.54, 1.807) is 18.2 Å². The molecule has 3 aromatic heterocycles. The summed E-state index contributed by atoms with van der Waals surface area (Å²) in [7, 11) is 1.35. The van der Waals surface area contributed by atoms with Crippen LogP contribution in [0.1, 0.15) is 17.4 Å². The van der Waals surface area contributed by atoms with Crippen molar-refractivity contribution in [3.8, 4) is 17.0 Å². The fourth-order valence-electron chi connectivity index (χ4n) is 4.28. The first-order valence-corrected chi connectivity index (χ1v) is 10.8. The van der Waals surface area contributed by atoms with E-state index in [1.807, 2.05) is 0 Å². The fraction of sp³-hybridized carbons (Fsp3) is 0.409. The summed E-state index contributed by atoms with van der Waals surface area (Å²) >= 11 is 0. The number of halogens is 3. The minimum atomic E-state index is -2.84. The highest BCUT2D eigenvalue weighted by Crippen LogP contribution is 2.35. The lowest BCUT2D eigenvalue weighted by Crippen LogP contribution is -2.49. The van der Waals surface area contributed by atoms with Gasteiger partial charge in [-0.05, 0) is 24.1 Å². The maximum absolute atomic E-state index is 15.2. The molecule has 1 aliphatic rings. The zero-order valence-corrected chi connectivity index (χ0v) is 18.6. The molecule has 35 heavy (non-hydrogen) atoms. The third-order valence-electron chi connectivity index (χ3n) is 5.99. The average molecular weight is 491 g/mol. The SMILES string of the molecule is [2H]C([2H])([2H])C(=O)N1CC[C@H](Nc2nc(OC)c3c(-c4ccc5nnn(CCF)c5c4)c(F)cn3n2)[C@H](F)C1. The average Bonchev–Trinajstić information content (AvgIpc) is 3.43. The summed E-state index contributed by atoms with van der Waals surface area (Å²) < 4.78 is 72.8. The van der Waals surface area contributed by atoms with Crippen molar-refractivity contribution in [2.75, 3.05) is 32.2 Å². The quantitative estimate of drug-likeness (QED) is 0.442. The lowest BCUT2D eigenvalue weighted by Gasteiger charge is -2.34. The van der Waals surface area contributed by atoms with Crippen molar-refractivity contribution in [2.24, 2.45) is 0 Å². The molecule has 0 bridgehead atoms. The molecule has 0 aliphatic carbocycles. The number of amides is 1. The van der Waals surface area contributed by atoms with E-state index in [9.17, 15) is 13.6 Å². The van der Waals surface area contributed by atoms with Gasteiger partial charge in [-0.1, -0.05) is 11.3 Å². The zero-order valence-electron chi connectivity index (χ0n) is 21.6. The van der Waals surface area contributed by atoms with Crippen molar-refractivity contribution < 1.29 is 26.8 Å². The van der Waals surface area contributed by atoms with Gasteiger partial charge in [0.2, 0.25) is 17.7 Å². The van der Waals surface area contributed by atoms with Crippen LogP contribution in [0.5, 0.6) is 5.88 Å². The Morgan fingerprint density at radius 3 is 3.00 bits per heavy atom. The van der Waals surface area contributed by atoms with Gasteiger partial charge in [0.05, 0.1) is 43.5 Å². The molecule has 2 atom stereocenters. The highest BCUT2D eigenvalue weighted by Gasteiger charge is 2.31. The van der Waals surface area contributed by atoms with E-state index >= 15 is 4.39 Å². The molecule has 0 saturated carbocycles. The van der Waals surface area contributed by atoms with Crippen LogP contribution in [0.3, 0.4) is 0 Å². The first-order chi connectivity index (χ1) is 18.1. The van der Waals surface area contributed by atoms with Gasteiger partial charge in [-0.3, -0.25) is 4.79 Å². The number of methoxy groups -OCH3 is 1. The number of benzene rings is 1. The number of piperidine rings is 1. The van der Waals surface area contributed by atoms with Crippen LogP contribution < -0.4 is 10.1 Å². The van der Waals surface area contributed by atoms with Crippen molar-refractivity contribution in [1.82, 2.24) is 34.5 Å². The number of nitrogens with zero attached hydrogens (tertiary/aromatic N) is 7. The lowest BCUT2D eigenvalue weighted by atomic mass is 10.0. The Hall–Kier alpha value is -3.90. The predicted molar refractivity (Wildman–Crippen MR) is 121 cm³/mol. The van der Waals surface area contributed by atoms with Gasteiger partial charge < -0.3 is 15.0 Å². The van der Waals surface area contributed by atoms with E-state index < -0.39 is 44.0 Å². The summed E-state index contributed by atoms with van der Waals surface area (Å²) in [6, 6.07) is 4.10. The number of nitrogens with one attached hydrogen (secondary N) is 1. The number of fused-ring (bicyclic) bond motifs is 2. The fourth-order valence-corrected chi connectivity index (χ4v) is 4.28. The molecule has 10 nitrogen and oxygen atoms in total. The summed E-state index contributed by atoms with van der Waals surface area (Å²) in [5.74, 6) is -1.75. The number of likely N-dealkylation sites (tertiary alicyclic amines) is 1. The molecular weight excluding hydrogens is 465 g/mol. The van der Waals surface area contributed by atoms with E-state index in [4.69, 9.17) is 8.85 Å². The van der Waals surface area contributed by atoms with E-state index in [0.717, 1.165) is 11.1 Å². The molecule has 0 spiro atoms. The van der Waals surface area contributed by atoms with Crippen LogP contribution in [0.2, 0.25) is 0 Å². The Morgan fingerprint density at radius 1 is 1.40 bits per heavy atom. The molecule has 1 aromatic carbocycles. The van der Waals surface area contributed by atoms with Crippen molar-refractivity contribution in [3.05, 3.63) is 30.2 Å². The standard InChI is InChI=1S/C22H23F3N8O2/c1-12(34)31-7-5-16(14(24)10-31)26-22-27-21(35-2)20-19(15(25)11-33(20)29-22)13-3-4-17-18(9-13)32(8-6-23)30-28-17/h3-4,9,11,14,16H,5-8,10H2,1-2H3,(H,26,29)/t14-,16+/m1/s1/i1D3. The molecule has 184 valence electrons. The van der Waals surface area contributed by atoms with E-state index in [-0.39, 0.29) is 42.4 Å². The van der Waals surface area contributed by atoms with Crippen molar-refractivity contribution in [3.63, 3.8) is 0 Å². The minimum absolute atomic E-state index is 0.000730. The number of carbonyl (C=O) groups excluding carboxylic acids is 1. The summed E-state index contributed by atoms with van der Waals surface area (Å²) in [5, 5.41) is 15.0. The molecule has 1 saturated heterocycles. The lowest BCUT2D eigenvalue weighted by molar-refractivity contribution is -0.131. The summed E-state index contributed by atoms with van der Waals surface area (Å²) in [4.78, 5) is 17.3. The topological polar surface area (TPSA) is 102 Å². The molecule has 0 radical (unpaired) electrons. The van der Waals surface area contributed by atoms with Gasteiger partial charge in [-0.25, -0.2) is 22.4 Å². The molecule has 1 amide bonds. The largest absolute Gasteiger partial charge is 0.479 e. The molecular formula is C22H23F3N8O2. The summed E-state index contributed by atoms with van der Waals surface area (Å²) in [6.45, 7) is -3.84. The number of ether oxygens (including phenoxy) is 1. The van der Waals surface area contributed by atoms with Gasteiger partial charge in [0, 0.05) is 17.5 Å². The second-order valence-corrected chi connectivity index (χ2v) is 8.10. The summed E-state index contributed by atoms with van der Waals surface area (Å²) in [5.41, 5.74) is 1.85. The zero-order chi connectivity index (χ0) is 27.2. The molecule has 4 aromatic rings. The van der Waals surface area contributed by atoms with Gasteiger partial charge in [-0.2, -0.15) is 4.98 Å². The molecule has 0 unspecified atom stereocenters. The first kappa shape index (κ1) is 19.4. The van der Waals surface area contributed by atoms with Crippen LogP contribution in [0, 0.1) is 5.82 Å². The highest BCUT2D eigenvalue weighted by molar-refractivity contribution is 5.89. The van der Waals surface area contributed by atoms with Gasteiger partial charge in [0.15, 0.2) is 5.82 Å². The number of aromatic nitrogens is 6. The number of carbonyl (C=O) groups is 1. The Labute approximate surface area is 201 Å². The Balaban J connectivity index is 1.45. The van der Waals surface area contributed by atoms with Crippen molar-refractivity contribution in [1.29, 1.82) is 0 Å². The van der Waals surface area contributed by atoms with Crippen LogP contribution in [-0.4, -0.2) is 79.5 Å². The van der Waals surface area contributed by atoms with Crippen molar-refractivity contribution >= 4 is 28.4 Å². The van der Waals surface area contributed by atoms with Gasteiger partial charge in [0.25, 0.3) is 0 Å². The number of hydrogen-bond donors (Lipinski definition) is 1. The Morgan fingerprint density at radius 2 is 2.26 bits per heavy atom. The second kappa shape index (κ2) is 9.04. The number of alkyl halides is 2. The Bertz CT molecular complexity index is 1510. The van der Waals surface area contributed by atoms with Crippen LogP contribution in [0.25, 0.3) is 27.7 Å². The van der Waals surface area contributed by atoms with E-state index in [1.165, 1.54) is 16.3 Å². The highest BCUT2D eigenvalue weighted by atomic mass is 19.1. The molecule has 4 heterocycles. The number of hydrogen-bond acceptors (Lipinski definition) is 7. The molecule has 5 rings (SSSR count). The van der Waals surface area contributed by atoms with Crippen LogP contribution >= 0.6 is 0 Å². The van der Waals surface area contributed by atoms with Gasteiger partial charge in [-0.15, -0.1) is 10.2 Å². The van der Waals surface area contributed by atoms with Gasteiger partial charge in [0.1, 0.15) is 23.9 Å². The maximum atomic E-state index is 15.2. The monoisotopic (exact) mass is 491 g/mol. The molecule has 1 aliphatic heterocycles. The van der Waals surface area contributed by atoms with Crippen LogP contribution in [-0.2, 0) is 11.3 Å². The van der Waals surface area contributed by atoms with Crippen LogP contribution in [0.15, 0.2) is 24.4 Å². The second-order valence-electron chi connectivity index (χ2n) is 8.10. The summed E-state index contributed by atoms with van der Waals surface area (Å²) in [6.07, 6.45) is -0.350.